The number of hydrogen-bond donors (Lipinski definition) is 1. The van der Waals surface area contributed by atoms with Crippen LogP contribution >= 0.6 is 12.4 Å². The van der Waals surface area contributed by atoms with Gasteiger partial charge in [-0.3, -0.25) is 0 Å². The van der Waals surface area contributed by atoms with Crippen molar-refractivity contribution in [2.24, 2.45) is 5.73 Å². The fourth-order valence-electron chi connectivity index (χ4n) is 0.547. The lowest BCUT2D eigenvalue weighted by Crippen LogP contribution is -2.16. The lowest BCUT2D eigenvalue weighted by atomic mass is 10.1. The first kappa shape index (κ1) is 12.2. The highest BCUT2D eigenvalue weighted by Gasteiger charge is 1.95. The van der Waals surface area contributed by atoms with E-state index in [1.807, 2.05) is 12.1 Å². The van der Waals surface area contributed by atoms with Crippen molar-refractivity contribution in [3.05, 3.63) is 12.7 Å². The second kappa shape index (κ2) is 8.48. The molecule has 0 radical (unpaired) electrons. The summed E-state index contributed by atoms with van der Waals surface area (Å²) in [5.41, 5.74) is 5.32. The van der Waals surface area contributed by atoms with Gasteiger partial charge in [-0.1, -0.05) is 6.08 Å². The largest absolute Gasteiger partial charge is 0.316 e. The third-order valence-corrected chi connectivity index (χ3v) is 1.09. The van der Waals surface area contributed by atoms with Crippen molar-refractivity contribution in [3.63, 3.8) is 0 Å². The van der Waals surface area contributed by atoms with Crippen LogP contribution in [0, 0.1) is 11.3 Å². The maximum absolute atomic E-state index is 8.23. The van der Waals surface area contributed by atoms with Gasteiger partial charge in [0.15, 0.2) is 0 Å². The van der Waals surface area contributed by atoms with Gasteiger partial charge in [0, 0.05) is 0 Å². The van der Waals surface area contributed by atoms with Crippen LogP contribution in [0.4, 0.5) is 0 Å². The van der Waals surface area contributed by atoms with Crippen LogP contribution in [-0.4, -0.2) is 6.04 Å². The first-order chi connectivity index (χ1) is 4.31. The molecule has 0 aromatic rings. The van der Waals surface area contributed by atoms with E-state index in [0.717, 1.165) is 19.3 Å². The quantitative estimate of drug-likeness (QED) is 0.502. The summed E-state index contributed by atoms with van der Waals surface area (Å²) in [5, 5.41) is 8.23. The van der Waals surface area contributed by atoms with Crippen molar-refractivity contribution in [2.45, 2.75) is 25.3 Å². The topological polar surface area (TPSA) is 49.8 Å². The lowest BCUT2D eigenvalue weighted by Gasteiger charge is -1.97. The zero-order chi connectivity index (χ0) is 7.11. The fourth-order valence-corrected chi connectivity index (χ4v) is 0.547. The van der Waals surface area contributed by atoms with Gasteiger partial charge in [-0.2, -0.15) is 5.26 Å². The number of unbranched alkanes of at least 4 members (excludes halogenated alkanes) is 1. The fraction of sp³-hybridized carbons (Fsp3) is 0.571. The van der Waals surface area contributed by atoms with E-state index in [9.17, 15) is 0 Å². The Bertz CT molecular complexity index is 117. The molecule has 0 heterocycles. The molecule has 0 aliphatic rings. The van der Waals surface area contributed by atoms with Crippen molar-refractivity contribution in [3.8, 4) is 6.07 Å². The number of nitrogens with two attached hydrogens (primary N) is 1. The molecule has 0 aromatic heterocycles. The van der Waals surface area contributed by atoms with E-state index < -0.39 is 0 Å². The van der Waals surface area contributed by atoms with Crippen LogP contribution in [0.5, 0.6) is 0 Å². The minimum atomic E-state index is -0.287. The van der Waals surface area contributed by atoms with E-state index in [4.69, 9.17) is 11.0 Å². The van der Waals surface area contributed by atoms with Crippen LogP contribution < -0.4 is 5.73 Å². The van der Waals surface area contributed by atoms with Gasteiger partial charge < -0.3 is 5.73 Å². The van der Waals surface area contributed by atoms with Crippen molar-refractivity contribution in [1.29, 1.82) is 5.26 Å². The SMILES string of the molecule is C=CCCCC(N)C#N.Cl. The predicted molar refractivity (Wildman–Crippen MR) is 44.9 cm³/mol. The van der Waals surface area contributed by atoms with E-state index >= 15 is 0 Å². The molecule has 1 unspecified atom stereocenters. The van der Waals surface area contributed by atoms with Gasteiger partial charge in [-0.05, 0) is 19.3 Å². The summed E-state index contributed by atoms with van der Waals surface area (Å²) in [6, 6.07) is 1.68. The number of hydrogen-bond acceptors (Lipinski definition) is 2. The Morgan fingerprint density at radius 1 is 1.70 bits per heavy atom. The Morgan fingerprint density at radius 2 is 2.30 bits per heavy atom. The predicted octanol–water partition coefficient (Wildman–Crippen LogP) is 1.62. The van der Waals surface area contributed by atoms with E-state index in [2.05, 4.69) is 6.58 Å². The maximum atomic E-state index is 8.23. The summed E-state index contributed by atoms with van der Waals surface area (Å²) in [7, 11) is 0. The molecule has 58 valence electrons. The molecule has 2 N–H and O–H groups in total. The monoisotopic (exact) mass is 160 g/mol. The van der Waals surface area contributed by atoms with Gasteiger partial charge in [-0.25, -0.2) is 0 Å². The molecule has 0 aliphatic heterocycles. The first-order valence-electron chi connectivity index (χ1n) is 3.07. The molecule has 0 rings (SSSR count). The van der Waals surface area contributed by atoms with E-state index in [1.54, 1.807) is 0 Å². The van der Waals surface area contributed by atoms with E-state index in [0.29, 0.717) is 0 Å². The molecule has 0 aromatic carbocycles. The molecule has 0 amide bonds. The van der Waals surface area contributed by atoms with Gasteiger partial charge >= 0.3 is 0 Å². The highest BCUT2D eigenvalue weighted by molar-refractivity contribution is 5.85. The van der Waals surface area contributed by atoms with Crippen LogP contribution in [0.2, 0.25) is 0 Å². The lowest BCUT2D eigenvalue weighted by molar-refractivity contribution is 0.683. The van der Waals surface area contributed by atoms with Gasteiger partial charge in [0.25, 0.3) is 0 Å². The molecule has 0 saturated heterocycles. The third-order valence-electron chi connectivity index (χ3n) is 1.09. The van der Waals surface area contributed by atoms with Crippen LogP contribution in [0.3, 0.4) is 0 Å². The zero-order valence-electron chi connectivity index (χ0n) is 5.92. The van der Waals surface area contributed by atoms with Crippen molar-refractivity contribution >= 4 is 12.4 Å². The van der Waals surface area contributed by atoms with Crippen molar-refractivity contribution in [1.82, 2.24) is 0 Å². The molecule has 0 aliphatic carbocycles. The summed E-state index contributed by atoms with van der Waals surface area (Å²) < 4.78 is 0. The van der Waals surface area contributed by atoms with Crippen LogP contribution in [-0.2, 0) is 0 Å². The van der Waals surface area contributed by atoms with Crippen LogP contribution in [0.1, 0.15) is 19.3 Å². The number of nitriles is 1. The minimum absolute atomic E-state index is 0. The Balaban J connectivity index is 0. The van der Waals surface area contributed by atoms with Crippen molar-refractivity contribution in [2.75, 3.05) is 0 Å². The van der Waals surface area contributed by atoms with Gasteiger partial charge in [-0.15, -0.1) is 19.0 Å². The van der Waals surface area contributed by atoms with E-state index in [1.165, 1.54) is 0 Å². The molecule has 2 nitrogen and oxygen atoms in total. The average Bonchev–Trinajstić information content (AvgIpc) is 1.89. The van der Waals surface area contributed by atoms with Gasteiger partial charge in [0.2, 0.25) is 0 Å². The highest BCUT2D eigenvalue weighted by Crippen LogP contribution is 1.97. The van der Waals surface area contributed by atoms with Crippen LogP contribution in [0.25, 0.3) is 0 Å². The second-order valence-electron chi connectivity index (χ2n) is 1.96. The molecule has 0 saturated carbocycles. The normalized spacial score (nSPS) is 10.8. The highest BCUT2D eigenvalue weighted by atomic mass is 35.5. The van der Waals surface area contributed by atoms with Gasteiger partial charge in [0.05, 0.1) is 12.1 Å². The smallest absolute Gasteiger partial charge is 0.0928 e. The Morgan fingerprint density at radius 3 is 2.70 bits per heavy atom. The molecule has 3 heteroatoms. The molecule has 0 bridgehead atoms. The molecule has 1 atom stereocenters. The average molecular weight is 161 g/mol. The third kappa shape index (κ3) is 7.48. The summed E-state index contributed by atoms with van der Waals surface area (Å²) >= 11 is 0. The Kier molecular flexibility index (Phi) is 10.3. The molecular formula is C7H13ClN2. The summed E-state index contributed by atoms with van der Waals surface area (Å²) in [6.07, 6.45) is 4.54. The molecule has 0 fully saturated rings. The van der Waals surface area contributed by atoms with Crippen molar-refractivity contribution < 1.29 is 0 Å². The number of rotatable bonds is 4. The standard InChI is InChI=1S/C7H12N2.ClH/c1-2-3-4-5-7(9)6-8;/h2,7H,1,3-5,9H2;1H. The first-order valence-corrected chi connectivity index (χ1v) is 3.07. The van der Waals surface area contributed by atoms with Gasteiger partial charge in [0.1, 0.15) is 0 Å². The van der Waals surface area contributed by atoms with Crippen LogP contribution in [0.15, 0.2) is 12.7 Å². The summed E-state index contributed by atoms with van der Waals surface area (Å²) in [6.45, 7) is 3.56. The number of nitrogens with zero attached hydrogens (tertiary/aromatic N) is 1. The Hall–Kier alpha value is -0.520. The summed E-state index contributed by atoms with van der Waals surface area (Å²) in [5.74, 6) is 0. The maximum Gasteiger partial charge on any atom is 0.0928 e. The second-order valence-corrected chi connectivity index (χ2v) is 1.96. The molecule has 10 heavy (non-hydrogen) atoms. The molecular weight excluding hydrogens is 148 g/mol. The number of allylic oxidation sites excluding steroid dienone is 1. The number of halogens is 1. The molecule has 0 spiro atoms. The minimum Gasteiger partial charge on any atom is -0.316 e. The zero-order valence-corrected chi connectivity index (χ0v) is 6.73. The summed E-state index contributed by atoms with van der Waals surface area (Å²) in [4.78, 5) is 0. The van der Waals surface area contributed by atoms with E-state index in [-0.39, 0.29) is 18.4 Å². The Labute approximate surface area is 68.1 Å².